The number of rotatable bonds is 6. The van der Waals surface area contributed by atoms with Crippen LogP contribution >= 0.6 is 0 Å². The monoisotopic (exact) mass is 526 g/mol. The Bertz CT molecular complexity index is 1290. The van der Waals surface area contributed by atoms with Crippen LogP contribution in [-0.4, -0.2) is 41.2 Å². The first-order valence-corrected chi connectivity index (χ1v) is 12.8. The summed E-state index contributed by atoms with van der Waals surface area (Å²) in [5.74, 6) is -3.54. The minimum absolute atomic E-state index is 0.00325. The Morgan fingerprint density at radius 3 is 2.53 bits per heavy atom. The van der Waals surface area contributed by atoms with Crippen molar-refractivity contribution in [2.24, 2.45) is 5.73 Å². The van der Waals surface area contributed by atoms with Gasteiger partial charge in [0.15, 0.2) is 0 Å². The summed E-state index contributed by atoms with van der Waals surface area (Å²) in [4.78, 5) is 21.2. The summed E-state index contributed by atoms with van der Waals surface area (Å²) in [6.07, 6.45) is 7.84. The molecule has 1 aromatic carbocycles. The number of hydrogen-bond donors (Lipinski definition) is 2. The van der Waals surface area contributed by atoms with Crippen LogP contribution in [0.15, 0.2) is 42.7 Å². The van der Waals surface area contributed by atoms with E-state index in [4.69, 9.17) is 15.2 Å². The van der Waals surface area contributed by atoms with Gasteiger partial charge < -0.3 is 20.5 Å². The fourth-order valence-corrected chi connectivity index (χ4v) is 5.14. The normalized spacial score (nSPS) is 20.2. The molecule has 7 nitrogen and oxygen atoms in total. The van der Waals surface area contributed by atoms with Gasteiger partial charge in [-0.05, 0) is 48.9 Å². The number of amides is 1. The molecule has 10 heteroatoms. The molecule has 1 aliphatic heterocycles. The summed E-state index contributed by atoms with van der Waals surface area (Å²) in [5.41, 5.74) is 6.08. The molecule has 0 radical (unpaired) electrons. The lowest BCUT2D eigenvalue weighted by molar-refractivity contribution is 0.0253. The zero-order valence-corrected chi connectivity index (χ0v) is 20.8. The number of pyridine rings is 2. The molecular formula is C28H29F3N4O3. The third-order valence-electron chi connectivity index (χ3n) is 7.06. The Morgan fingerprint density at radius 1 is 1.03 bits per heavy atom. The van der Waals surface area contributed by atoms with E-state index in [1.165, 1.54) is 12.3 Å². The summed E-state index contributed by atoms with van der Waals surface area (Å²) in [5, 5.41) is 2.78. The minimum Gasteiger partial charge on any atom is -0.490 e. The summed E-state index contributed by atoms with van der Waals surface area (Å²) in [7, 11) is 0. The molecule has 0 bridgehead atoms. The van der Waals surface area contributed by atoms with Gasteiger partial charge in [0.05, 0.1) is 30.7 Å². The number of nitrogens with one attached hydrogen (secondary N) is 1. The first kappa shape index (κ1) is 26.1. The van der Waals surface area contributed by atoms with Gasteiger partial charge in [-0.1, -0.05) is 6.42 Å². The van der Waals surface area contributed by atoms with Crippen molar-refractivity contribution in [3.8, 4) is 17.0 Å². The summed E-state index contributed by atoms with van der Waals surface area (Å²) in [6.45, 7) is 1.01. The van der Waals surface area contributed by atoms with Crippen LogP contribution in [-0.2, 0) is 4.74 Å². The lowest BCUT2D eigenvalue weighted by Gasteiger charge is -2.28. The first-order chi connectivity index (χ1) is 18.4. The van der Waals surface area contributed by atoms with E-state index in [0.717, 1.165) is 49.4 Å². The van der Waals surface area contributed by atoms with Crippen molar-refractivity contribution in [1.82, 2.24) is 9.97 Å². The summed E-state index contributed by atoms with van der Waals surface area (Å²) < 4.78 is 55.7. The Kier molecular flexibility index (Phi) is 7.90. The lowest BCUT2D eigenvalue weighted by atomic mass is 9.81. The van der Waals surface area contributed by atoms with Crippen molar-refractivity contribution in [3.05, 3.63) is 71.4 Å². The molecular weight excluding hydrogens is 497 g/mol. The fraction of sp³-hybridized carbons (Fsp3) is 0.393. The molecule has 3 aromatic rings. The van der Waals surface area contributed by atoms with Crippen molar-refractivity contribution in [1.29, 1.82) is 0 Å². The molecule has 3 N–H and O–H groups in total. The zero-order chi connectivity index (χ0) is 26.6. The second-order valence-electron chi connectivity index (χ2n) is 9.76. The van der Waals surface area contributed by atoms with Crippen LogP contribution in [0.2, 0.25) is 0 Å². The first-order valence-electron chi connectivity index (χ1n) is 12.8. The van der Waals surface area contributed by atoms with Gasteiger partial charge in [0, 0.05) is 37.2 Å². The van der Waals surface area contributed by atoms with Crippen molar-refractivity contribution in [2.75, 3.05) is 18.5 Å². The SMILES string of the molecule is N[C@H]1CCC[C@@H](c2ccncc2NC(=O)c2ccc(F)c(-c3c(F)cc(OC4CCOCC4)cc3F)n2)C1. The number of nitrogens with zero attached hydrogens (tertiary/aromatic N) is 2. The third kappa shape index (κ3) is 5.81. The van der Waals surface area contributed by atoms with Gasteiger partial charge in [-0.25, -0.2) is 18.2 Å². The van der Waals surface area contributed by atoms with Gasteiger partial charge in [-0.3, -0.25) is 9.78 Å². The van der Waals surface area contributed by atoms with Crippen molar-refractivity contribution < 1.29 is 27.4 Å². The molecule has 3 heterocycles. The van der Waals surface area contributed by atoms with Gasteiger partial charge >= 0.3 is 0 Å². The van der Waals surface area contributed by atoms with Crippen LogP contribution in [0.1, 0.15) is 60.5 Å². The highest BCUT2D eigenvalue weighted by atomic mass is 19.1. The molecule has 2 aliphatic rings. The van der Waals surface area contributed by atoms with Gasteiger partial charge in [-0.15, -0.1) is 0 Å². The minimum atomic E-state index is -1.04. The lowest BCUT2D eigenvalue weighted by Crippen LogP contribution is -2.27. The number of aromatic nitrogens is 2. The second kappa shape index (κ2) is 11.5. The molecule has 200 valence electrons. The Hall–Kier alpha value is -3.50. The van der Waals surface area contributed by atoms with E-state index >= 15 is 8.78 Å². The highest BCUT2D eigenvalue weighted by molar-refractivity contribution is 6.03. The molecule has 2 atom stereocenters. The maximum Gasteiger partial charge on any atom is 0.274 e. The molecule has 38 heavy (non-hydrogen) atoms. The smallest absolute Gasteiger partial charge is 0.274 e. The average Bonchev–Trinajstić information content (AvgIpc) is 2.90. The third-order valence-corrected chi connectivity index (χ3v) is 7.06. The van der Waals surface area contributed by atoms with E-state index in [-0.39, 0.29) is 29.5 Å². The predicted octanol–water partition coefficient (Wildman–Crippen LogP) is 5.36. The van der Waals surface area contributed by atoms with Gasteiger partial charge in [0.1, 0.15) is 40.7 Å². The molecule has 2 aromatic heterocycles. The highest BCUT2D eigenvalue weighted by Gasteiger charge is 2.25. The van der Waals surface area contributed by atoms with Crippen LogP contribution in [0.5, 0.6) is 5.75 Å². The molecule has 5 rings (SSSR count). The highest BCUT2D eigenvalue weighted by Crippen LogP contribution is 2.36. The van der Waals surface area contributed by atoms with Crippen LogP contribution in [0, 0.1) is 17.5 Å². The average molecular weight is 527 g/mol. The number of anilines is 1. The van der Waals surface area contributed by atoms with E-state index in [1.54, 1.807) is 6.20 Å². The summed E-state index contributed by atoms with van der Waals surface area (Å²) >= 11 is 0. The summed E-state index contributed by atoms with van der Waals surface area (Å²) in [6, 6.07) is 6.06. The van der Waals surface area contributed by atoms with Crippen LogP contribution in [0.25, 0.3) is 11.3 Å². The number of benzene rings is 1. The van der Waals surface area contributed by atoms with Gasteiger partial charge in [0.25, 0.3) is 5.91 Å². The number of nitrogens with two attached hydrogens (primary N) is 1. The Labute approximate surface area is 218 Å². The quantitative estimate of drug-likeness (QED) is 0.449. The molecule has 2 fully saturated rings. The number of carbonyl (C=O) groups is 1. The van der Waals surface area contributed by atoms with E-state index in [1.807, 2.05) is 6.07 Å². The second-order valence-corrected chi connectivity index (χ2v) is 9.76. The van der Waals surface area contributed by atoms with Gasteiger partial charge in [0.2, 0.25) is 0 Å². The van der Waals surface area contributed by atoms with E-state index < -0.39 is 34.6 Å². The van der Waals surface area contributed by atoms with Crippen molar-refractivity contribution >= 4 is 11.6 Å². The van der Waals surface area contributed by atoms with E-state index in [2.05, 4.69) is 15.3 Å². The maximum atomic E-state index is 15.0. The molecule has 1 saturated carbocycles. The largest absolute Gasteiger partial charge is 0.490 e. The van der Waals surface area contributed by atoms with E-state index in [0.29, 0.717) is 31.7 Å². The maximum absolute atomic E-state index is 15.0. The fourth-order valence-electron chi connectivity index (χ4n) is 5.14. The van der Waals surface area contributed by atoms with E-state index in [9.17, 15) is 9.18 Å². The standard InChI is InChI=1S/C28H29F3N4O3/c29-21-4-5-24(28(36)35-25-15-33-9-6-20(25)16-2-1-3-17(32)12-16)34-27(21)26-22(30)13-19(14-23(26)31)38-18-7-10-37-11-8-18/h4-6,9,13-18H,1-3,7-8,10-12,32H2,(H,35,36)/t16-,17+/m1/s1. The number of halogens is 3. The number of ether oxygens (including phenoxy) is 2. The van der Waals surface area contributed by atoms with Crippen LogP contribution < -0.4 is 15.8 Å². The van der Waals surface area contributed by atoms with Crippen LogP contribution in [0.4, 0.5) is 18.9 Å². The Balaban J connectivity index is 1.38. The topological polar surface area (TPSA) is 99.4 Å². The number of carbonyl (C=O) groups excluding carboxylic acids is 1. The molecule has 1 saturated heterocycles. The van der Waals surface area contributed by atoms with Crippen LogP contribution in [0.3, 0.4) is 0 Å². The zero-order valence-electron chi connectivity index (χ0n) is 20.8. The molecule has 1 amide bonds. The van der Waals surface area contributed by atoms with Crippen molar-refractivity contribution in [3.63, 3.8) is 0 Å². The van der Waals surface area contributed by atoms with Gasteiger partial charge in [-0.2, -0.15) is 0 Å². The predicted molar refractivity (Wildman–Crippen MR) is 135 cm³/mol. The Morgan fingerprint density at radius 2 is 1.79 bits per heavy atom. The number of hydrogen-bond acceptors (Lipinski definition) is 6. The molecule has 0 unspecified atom stereocenters. The molecule has 0 spiro atoms. The van der Waals surface area contributed by atoms with Crippen molar-refractivity contribution in [2.45, 2.75) is 56.6 Å². The molecule has 1 aliphatic carbocycles.